The Morgan fingerprint density at radius 1 is 1.35 bits per heavy atom. The molecule has 2 bridgehead atoms. The number of fused-ring (bicyclic) bond motifs is 6. The van der Waals surface area contributed by atoms with Gasteiger partial charge in [-0.05, 0) is 23.5 Å². The van der Waals surface area contributed by atoms with Gasteiger partial charge in [0.1, 0.15) is 0 Å². The molecular weight excluding hydrogens is 248 g/mol. The van der Waals surface area contributed by atoms with E-state index in [2.05, 4.69) is 42.0 Å². The van der Waals surface area contributed by atoms with Crippen molar-refractivity contribution >= 4 is 22.4 Å². The fourth-order valence-electron chi connectivity index (χ4n) is 4.04. The van der Waals surface area contributed by atoms with E-state index in [1.165, 1.54) is 10.9 Å². The molecule has 0 radical (unpaired) electrons. The molecule has 1 unspecified atom stereocenters. The number of nitrogens with one attached hydrogen (secondary N) is 2. The number of rotatable bonds is 1. The Kier molecular flexibility index (Phi) is 2.34. The molecule has 2 aromatic rings. The van der Waals surface area contributed by atoms with Crippen LogP contribution in [0.3, 0.4) is 0 Å². The Bertz CT molecular complexity index is 728. The van der Waals surface area contributed by atoms with Crippen LogP contribution in [-0.4, -0.2) is 10.9 Å². The van der Waals surface area contributed by atoms with E-state index in [0.29, 0.717) is 12.3 Å². The Morgan fingerprint density at radius 3 is 2.95 bits per heavy atom. The number of aromatic nitrogens is 1. The van der Waals surface area contributed by atoms with Crippen LogP contribution in [0.1, 0.15) is 37.1 Å². The van der Waals surface area contributed by atoms with E-state index in [0.717, 1.165) is 23.2 Å². The van der Waals surface area contributed by atoms with Crippen LogP contribution in [0, 0.1) is 11.8 Å². The van der Waals surface area contributed by atoms with Gasteiger partial charge < -0.3 is 10.3 Å². The van der Waals surface area contributed by atoms with Gasteiger partial charge in [-0.25, -0.2) is 0 Å². The molecule has 3 nitrogen and oxygen atoms in total. The summed E-state index contributed by atoms with van der Waals surface area (Å²) in [5.74, 6) is 0.896. The van der Waals surface area contributed by atoms with Crippen molar-refractivity contribution in [3.8, 4) is 0 Å². The molecular formula is C17H18N2O. The highest BCUT2D eigenvalue weighted by Gasteiger charge is 2.44. The fourth-order valence-corrected chi connectivity index (χ4v) is 4.04. The summed E-state index contributed by atoms with van der Waals surface area (Å²) in [6.07, 6.45) is 1.64. The van der Waals surface area contributed by atoms with E-state index in [1.807, 2.05) is 6.07 Å². The van der Waals surface area contributed by atoms with Gasteiger partial charge >= 0.3 is 0 Å². The number of piperidine rings is 1. The Labute approximate surface area is 118 Å². The third-order valence-corrected chi connectivity index (χ3v) is 4.96. The summed E-state index contributed by atoms with van der Waals surface area (Å²) < 4.78 is 0. The number of allylic oxidation sites excluding steroid dienone is 1. The molecule has 1 amide bonds. The standard InChI is InChI=1S/C17H18N2O/c1-3-10-12-8-14(20)19-17(10)15-11-6-4-5-7-13(11)18-16(15)9(12)2/h4-7,10,12,17-18H,2-3,8H2,1H3,(H,19,20)/t10?,12-,17-/m1/s1. The first-order valence-electron chi connectivity index (χ1n) is 7.29. The zero-order chi connectivity index (χ0) is 13.9. The molecule has 2 N–H and O–H groups in total. The maximum absolute atomic E-state index is 12.0. The summed E-state index contributed by atoms with van der Waals surface area (Å²) in [5.41, 5.74) is 4.62. The molecule has 1 fully saturated rings. The van der Waals surface area contributed by atoms with Gasteiger partial charge in [0.05, 0.1) is 6.04 Å². The summed E-state index contributed by atoms with van der Waals surface area (Å²) in [7, 11) is 0. The van der Waals surface area contributed by atoms with E-state index in [4.69, 9.17) is 0 Å². The monoisotopic (exact) mass is 266 g/mol. The minimum Gasteiger partial charge on any atom is -0.355 e. The highest BCUT2D eigenvalue weighted by molar-refractivity contribution is 5.94. The predicted octanol–water partition coefficient (Wildman–Crippen LogP) is 3.40. The molecule has 102 valence electrons. The first-order chi connectivity index (χ1) is 9.70. The second-order valence-corrected chi connectivity index (χ2v) is 5.91. The van der Waals surface area contributed by atoms with Crippen molar-refractivity contribution in [3.63, 3.8) is 0 Å². The quantitative estimate of drug-likeness (QED) is 0.816. The maximum Gasteiger partial charge on any atom is 0.221 e. The van der Waals surface area contributed by atoms with Gasteiger partial charge in [-0.2, -0.15) is 0 Å². The second-order valence-electron chi connectivity index (χ2n) is 5.91. The molecule has 20 heavy (non-hydrogen) atoms. The van der Waals surface area contributed by atoms with Crippen molar-refractivity contribution in [1.29, 1.82) is 0 Å². The molecule has 1 aromatic heterocycles. The van der Waals surface area contributed by atoms with Crippen LogP contribution in [0.15, 0.2) is 30.8 Å². The molecule has 3 heteroatoms. The molecule has 3 atom stereocenters. The van der Waals surface area contributed by atoms with E-state index in [9.17, 15) is 4.79 Å². The van der Waals surface area contributed by atoms with Gasteiger partial charge in [-0.15, -0.1) is 0 Å². The first kappa shape index (κ1) is 11.8. The fraction of sp³-hybridized carbons (Fsp3) is 0.353. The lowest BCUT2D eigenvalue weighted by Gasteiger charge is -2.43. The highest BCUT2D eigenvalue weighted by Crippen LogP contribution is 2.51. The summed E-state index contributed by atoms with van der Waals surface area (Å²) in [5, 5.41) is 4.42. The van der Waals surface area contributed by atoms with Gasteiger partial charge in [0.25, 0.3) is 0 Å². The zero-order valence-corrected chi connectivity index (χ0v) is 11.6. The summed E-state index contributed by atoms with van der Waals surface area (Å²) in [6.45, 7) is 6.50. The van der Waals surface area contributed by atoms with Crippen molar-refractivity contribution in [1.82, 2.24) is 10.3 Å². The number of aromatic amines is 1. The molecule has 0 saturated carbocycles. The van der Waals surface area contributed by atoms with E-state index < -0.39 is 0 Å². The molecule has 1 aliphatic heterocycles. The third-order valence-electron chi connectivity index (χ3n) is 4.96. The molecule has 4 rings (SSSR count). The molecule has 1 saturated heterocycles. The number of H-pyrrole nitrogens is 1. The average molecular weight is 266 g/mol. The van der Waals surface area contributed by atoms with Gasteiger partial charge in [0, 0.05) is 28.6 Å². The normalized spacial score (nSPS) is 28.4. The minimum absolute atomic E-state index is 0.128. The lowest BCUT2D eigenvalue weighted by molar-refractivity contribution is -0.125. The first-order valence-corrected chi connectivity index (χ1v) is 7.29. The van der Waals surface area contributed by atoms with Crippen molar-refractivity contribution in [2.75, 3.05) is 0 Å². The number of benzene rings is 1. The number of para-hydroxylation sites is 1. The highest BCUT2D eigenvalue weighted by atomic mass is 16.1. The average Bonchev–Trinajstić information content (AvgIpc) is 2.84. The zero-order valence-electron chi connectivity index (χ0n) is 11.6. The number of amides is 1. The lowest BCUT2D eigenvalue weighted by Crippen LogP contribution is -2.46. The number of hydrogen-bond donors (Lipinski definition) is 2. The Hall–Kier alpha value is -2.03. The van der Waals surface area contributed by atoms with Gasteiger partial charge in [0.15, 0.2) is 0 Å². The largest absolute Gasteiger partial charge is 0.355 e. The maximum atomic E-state index is 12.0. The van der Waals surface area contributed by atoms with Crippen LogP contribution in [0.5, 0.6) is 0 Å². The van der Waals surface area contributed by atoms with E-state index in [1.54, 1.807) is 0 Å². The van der Waals surface area contributed by atoms with Crippen LogP contribution in [0.4, 0.5) is 0 Å². The number of carbonyl (C=O) groups excluding carboxylic acids is 1. The minimum atomic E-state index is 0.128. The summed E-state index contributed by atoms with van der Waals surface area (Å²) in [6, 6.07) is 8.44. The van der Waals surface area contributed by atoms with Gasteiger partial charge in [-0.3, -0.25) is 4.79 Å². The van der Waals surface area contributed by atoms with Crippen LogP contribution >= 0.6 is 0 Å². The molecule has 2 heterocycles. The molecule has 2 aliphatic rings. The SMILES string of the molecule is C=C1c2[nH]c3ccccc3c2[C@@H]2NC(=O)C[C@H]1C2CC. The van der Waals surface area contributed by atoms with Crippen molar-refractivity contribution < 1.29 is 4.79 Å². The van der Waals surface area contributed by atoms with Gasteiger partial charge in [-0.1, -0.05) is 38.1 Å². The molecule has 1 aliphatic carbocycles. The Morgan fingerprint density at radius 2 is 2.15 bits per heavy atom. The third kappa shape index (κ3) is 1.38. The van der Waals surface area contributed by atoms with Crippen molar-refractivity contribution in [2.45, 2.75) is 25.8 Å². The van der Waals surface area contributed by atoms with Crippen LogP contribution in [-0.2, 0) is 4.79 Å². The molecule has 0 spiro atoms. The van der Waals surface area contributed by atoms with Crippen LogP contribution in [0.25, 0.3) is 16.5 Å². The smallest absolute Gasteiger partial charge is 0.221 e. The molecule has 1 aromatic carbocycles. The van der Waals surface area contributed by atoms with E-state index >= 15 is 0 Å². The predicted molar refractivity (Wildman–Crippen MR) is 80.1 cm³/mol. The Balaban J connectivity index is 2.02. The number of hydrogen-bond acceptors (Lipinski definition) is 1. The second kappa shape index (κ2) is 3.98. The van der Waals surface area contributed by atoms with Crippen LogP contribution in [0.2, 0.25) is 0 Å². The van der Waals surface area contributed by atoms with Gasteiger partial charge in [0.2, 0.25) is 5.91 Å². The van der Waals surface area contributed by atoms with Crippen molar-refractivity contribution in [3.05, 3.63) is 42.1 Å². The van der Waals surface area contributed by atoms with E-state index in [-0.39, 0.29) is 17.9 Å². The topological polar surface area (TPSA) is 44.9 Å². The lowest BCUT2D eigenvalue weighted by atomic mass is 9.67. The van der Waals surface area contributed by atoms with Crippen LogP contribution < -0.4 is 5.32 Å². The van der Waals surface area contributed by atoms with Crippen molar-refractivity contribution in [2.24, 2.45) is 11.8 Å². The number of carbonyl (C=O) groups is 1. The summed E-state index contributed by atoms with van der Waals surface area (Å²) >= 11 is 0. The summed E-state index contributed by atoms with van der Waals surface area (Å²) in [4.78, 5) is 15.5.